The zero-order valence-electron chi connectivity index (χ0n) is 9.51. The first-order valence-electron chi connectivity index (χ1n) is 5.30. The average molecular weight is 259 g/mol. The quantitative estimate of drug-likeness (QED) is 0.768. The van der Waals surface area contributed by atoms with Crippen molar-refractivity contribution in [1.29, 1.82) is 0 Å². The van der Waals surface area contributed by atoms with Crippen LogP contribution in [-0.4, -0.2) is 16.0 Å². The number of thiazole rings is 1. The minimum atomic E-state index is -0.282. The van der Waals surface area contributed by atoms with E-state index < -0.39 is 0 Å². The largest absolute Gasteiger partial charge is 0.361 e. The summed E-state index contributed by atoms with van der Waals surface area (Å²) in [5.74, 6) is 0.328. The van der Waals surface area contributed by atoms with Gasteiger partial charge in [0.2, 0.25) is 0 Å². The van der Waals surface area contributed by atoms with Gasteiger partial charge in [0.25, 0.3) is 5.91 Å². The molecule has 5 nitrogen and oxygen atoms in total. The molecule has 2 aromatic heterocycles. The number of nitrogens with one attached hydrogen (secondary N) is 1. The normalized spacial score (nSPS) is 10.7. The first-order valence-corrected chi connectivity index (χ1v) is 6.18. The van der Waals surface area contributed by atoms with Gasteiger partial charge in [-0.05, 0) is 25.1 Å². The number of hydrogen-bond donors (Lipinski definition) is 1. The molecule has 0 unspecified atom stereocenters. The van der Waals surface area contributed by atoms with Gasteiger partial charge in [0.15, 0.2) is 5.69 Å². The van der Waals surface area contributed by atoms with E-state index in [4.69, 9.17) is 4.52 Å². The molecule has 3 aromatic rings. The first-order chi connectivity index (χ1) is 8.72. The van der Waals surface area contributed by atoms with Crippen LogP contribution in [0, 0.1) is 6.92 Å². The fraction of sp³-hybridized carbons (Fsp3) is 0.0833. The molecule has 0 aliphatic rings. The van der Waals surface area contributed by atoms with E-state index in [2.05, 4.69) is 15.5 Å². The Balaban J connectivity index is 1.85. The molecule has 2 heterocycles. The molecule has 0 aliphatic heterocycles. The summed E-state index contributed by atoms with van der Waals surface area (Å²) in [6.45, 7) is 1.74. The number of anilines is 1. The van der Waals surface area contributed by atoms with Crippen molar-refractivity contribution in [2.45, 2.75) is 6.92 Å². The maximum absolute atomic E-state index is 11.9. The zero-order chi connectivity index (χ0) is 12.5. The van der Waals surface area contributed by atoms with Crippen molar-refractivity contribution in [3.05, 3.63) is 41.2 Å². The molecule has 0 aliphatic carbocycles. The number of amides is 1. The second-order valence-electron chi connectivity index (χ2n) is 3.81. The molecule has 0 spiro atoms. The van der Waals surface area contributed by atoms with Crippen LogP contribution in [0.15, 0.2) is 34.3 Å². The highest BCUT2D eigenvalue weighted by atomic mass is 32.1. The van der Waals surface area contributed by atoms with Crippen molar-refractivity contribution in [2.24, 2.45) is 0 Å². The standard InChI is InChI=1S/C12H9N3O2S/c1-7-4-10(15-17-7)12(16)14-8-2-3-9-11(5-8)18-6-13-9/h2-6H,1H3,(H,14,16). The predicted octanol–water partition coefficient (Wildman–Crippen LogP) is 2.85. The Morgan fingerprint density at radius 1 is 1.39 bits per heavy atom. The molecule has 0 saturated carbocycles. The molecule has 90 valence electrons. The van der Waals surface area contributed by atoms with E-state index in [0.29, 0.717) is 5.76 Å². The third kappa shape index (κ3) is 1.98. The van der Waals surface area contributed by atoms with Gasteiger partial charge in [0, 0.05) is 11.8 Å². The second kappa shape index (κ2) is 4.23. The average Bonchev–Trinajstić information content (AvgIpc) is 2.96. The van der Waals surface area contributed by atoms with Crippen molar-refractivity contribution in [3.63, 3.8) is 0 Å². The number of aryl methyl sites for hydroxylation is 1. The number of carbonyl (C=O) groups is 1. The Morgan fingerprint density at radius 2 is 2.28 bits per heavy atom. The van der Waals surface area contributed by atoms with Crippen LogP contribution in [-0.2, 0) is 0 Å². The first kappa shape index (κ1) is 10.9. The highest BCUT2D eigenvalue weighted by Crippen LogP contribution is 2.22. The number of rotatable bonds is 2. The molecule has 6 heteroatoms. The smallest absolute Gasteiger partial charge is 0.277 e. The Bertz CT molecular complexity index is 717. The lowest BCUT2D eigenvalue weighted by atomic mass is 10.3. The van der Waals surface area contributed by atoms with Gasteiger partial charge < -0.3 is 9.84 Å². The van der Waals surface area contributed by atoms with E-state index in [-0.39, 0.29) is 11.6 Å². The lowest BCUT2D eigenvalue weighted by molar-refractivity contribution is 0.101. The van der Waals surface area contributed by atoms with Gasteiger partial charge in [-0.2, -0.15) is 0 Å². The molecule has 0 fully saturated rings. The van der Waals surface area contributed by atoms with Crippen LogP contribution in [0.5, 0.6) is 0 Å². The summed E-state index contributed by atoms with van der Waals surface area (Å²) in [5.41, 5.74) is 3.70. The fourth-order valence-corrected chi connectivity index (χ4v) is 2.32. The summed E-state index contributed by atoms with van der Waals surface area (Å²) < 4.78 is 5.89. The lowest BCUT2D eigenvalue weighted by Gasteiger charge is -2.01. The van der Waals surface area contributed by atoms with Crippen LogP contribution in [0.25, 0.3) is 10.2 Å². The van der Waals surface area contributed by atoms with Crippen LogP contribution in [0.3, 0.4) is 0 Å². The summed E-state index contributed by atoms with van der Waals surface area (Å²) in [6.07, 6.45) is 0. The van der Waals surface area contributed by atoms with E-state index in [9.17, 15) is 4.79 Å². The van der Waals surface area contributed by atoms with Crippen molar-refractivity contribution in [2.75, 3.05) is 5.32 Å². The topological polar surface area (TPSA) is 68.0 Å². The van der Waals surface area contributed by atoms with Crippen LogP contribution >= 0.6 is 11.3 Å². The number of nitrogens with zero attached hydrogens (tertiary/aromatic N) is 2. The SMILES string of the molecule is Cc1cc(C(=O)Nc2ccc3ncsc3c2)no1. The van der Waals surface area contributed by atoms with E-state index >= 15 is 0 Å². The molecule has 0 atom stereocenters. The van der Waals surface area contributed by atoms with Crippen LogP contribution in [0.2, 0.25) is 0 Å². The summed E-state index contributed by atoms with van der Waals surface area (Å²) in [5, 5.41) is 6.44. The molecule has 0 bridgehead atoms. The van der Waals surface area contributed by atoms with Gasteiger partial charge in [-0.25, -0.2) is 4.98 Å². The maximum atomic E-state index is 11.9. The van der Waals surface area contributed by atoms with E-state index in [1.165, 1.54) is 11.3 Å². The lowest BCUT2D eigenvalue weighted by Crippen LogP contribution is -2.11. The van der Waals surface area contributed by atoms with Crippen molar-refractivity contribution >= 4 is 33.1 Å². The highest BCUT2D eigenvalue weighted by Gasteiger charge is 2.11. The van der Waals surface area contributed by atoms with Crippen molar-refractivity contribution < 1.29 is 9.32 Å². The van der Waals surface area contributed by atoms with Crippen LogP contribution < -0.4 is 5.32 Å². The summed E-state index contributed by atoms with van der Waals surface area (Å²) >= 11 is 1.53. The van der Waals surface area contributed by atoms with Gasteiger partial charge in [0.05, 0.1) is 15.7 Å². The minimum absolute atomic E-state index is 0.275. The molecule has 1 N–H and O–H groups in total. The predicted molar refractivity (Wildman–Crippen MR) is 68.8 cm³/mol. The molecule has 3 rings (SSSR count). The summed E-state index contributed by atoms with van der Waals surface area (Å²) in [7, 11) is 0. The number of aromatic nitrogens is 2. The summed E-state index contributed by atoms with van der Waals surface area (Å²) in [4.78, 5) is 16.0. The van der Waals surface area contributed by atoms with Gasteiger partial charge in [-0.3, -0.25) is 4.79 Å². The Kier molecular flexibility index (Phi) is 2.56. The van der Waals surface area contributed by atoms with E-state index in [0.717, 1.165) is 15.9 Å². The summed E-state index contributed by atoms with van der Waals surface area (Å²) in [6, 6.07) is 7.17. The number of fused-ring (bicyclic) bond motifs is 1. The third-order valence-electron chi connectivity index (χ3n) is 2.45. The second-order valence-corrected chi connectivity index (χ2v) is 4.70. The monoisotopic (exact) mass is 259 g/mol. The van der Waals surface area contributed by atoms with Crippen molar-refractivity contribution in [1.82, 2.24) is 10.1 Å². The fourth-order valence-electron chi connectivity index (χ4n) is 1.60. The number of carbonyl (C=O) groups excluding carboxylic acids is 1. The molecule has 1 aromatic carbocycles. The van der Waals surface area contributed by atoms with Crippen LogP contribution in [0.4, 0.5) is 5.69 Å². The van der Waals surface area contributed by atoms with Crippen molar-refractivity contribution in [3.8, 4) is 0 Å². The molecule has 0 saturated heterocycles. The van der Waals surface area contributed by atoms with Gasteiger partial charge in [0.1, 0.15) is 5.76 Å². The number of hydrogen-bond acceptors (Lipinski definition) is 5. The van der Waals surface area contributed by atoms with Gasteiger partial charge in [-0.1, -0.05) is 5.16 Å². The molecular formula is C12H9N3O2S. The van der Waals surface area contributed by atoms with Crippen LogP contribution in [0.1, 0.15) is 16.2 Å². The minimum Gasteiger partial charge on any atom is -0.361 e. The highest BCUT2D eigenvalue weighted by molar-refractivity contribution is 7.16. The Labute approximate surface area is 106 Å². The molecular weight excluding hydrogens is 250 g/mol. The number of benzene rings is 1. The third-order valence-corrected chi connectivity index (χ3v) is 3.24. The molecule has 1 amide bonds. The van der Waals surface area contributed by atoms with E-state index in [1.54, 1.807) is 18.5 Å². The zero-order valence-corrected chi connectivity index (χ0v) is 10.3. The van der Waals surface area contributed by atoms with Gasteiger partial charge in [-0.15, -0.1) is 11.3 Å². The Hall–Kier alpha value is -2.21. The maximum Gasteiger partial charge on any atom is 0.277 e. The Morgan fingerprint density at radius 3 is 3.06 bits per heavy atom. The van der Waals surface area contributed by atoms with E-state index in [1.807, 2.05) is 18.2 Å². The van der Waals surface area contributed by atoms with Gasteiger partial charge >= 0.3 is 0 Å². The molecule has 18 heavy (non-hydrogen) atoms. The molecule has 0 radical (unpaired) electrons.